The van der Waals surface area contributed by atoms with Crippen LogP contribution in [0.25, 0.3) is 0 Å². The minimum atomic E-state index is -0.189. The first-order valence-corrected chi connectivity index (χ1v) is 7.75. The van der Waals surface area contributed by atoms with Gasteiger partial charge in [0.05, 0.1) is 0 Å². The summed E-state index contributed by atoms with van der Waals surface area (Å²) < 4.78 is 13.3. The van der Waals surface area contributed by atoms with Crippen molar-refractivity contribution in [2.24, 2.45) is 4.99 Å². The molecule has 0 amide bonds. The molecule has 0 radical (unpaired) electrons. The predicted octanol–water partition coefficient (Wildman–Crippen LogP) is 2.72. The number of aliphatic imine (C=N–C) groups is 1. The maximum atomic E-state index is 13.3. The Hall–Kier alpha value is -1.23. The second kappa shape index (κ2) is 6.80. The largest absolute Gasteiger partial charge is 0.352 e. The summed E-state index contributed by atoms with van der Waals surface area (Å²) >= 11 is 1.64. The molecule has 5 heteroatoms. The van der Waals surface area contributed by atoms with Crippen molar-refractivity contribution < 1.29 is 4.39 Å². The van der Waals surface area contributed by atoms with E-state index in [2.05, 4.69) is 15.2 Å². The number of hydrogen-bond acceptors (Lipinski definition) is 2. The monoisotopic (exact) mass is 281 g/mol. The number of nitrogens with zero attached hydrogens (tertiary/aromatic N) is 2. The third-order valence-electron chi connectivity index (χ3n) is 3.30. The normalized spacial score (nSPS) is 15.9. The molecule has 1 aromatic carbocycles. The number of halogens is 1. The van der Waals surface area contributed by atoms with Crippen LogP contribution in [0.3, 0.4) is 0 Å². The van der Waals surface area contributed by atoms with E-state index >= 15 is 0 Å². The molecule has 1 aliphatic rings. The topological polar surface area (TPSA) is 27.6 Å². The molecule has 1 fully saturated rings. The van der Waals surface area contributed by atoms with Crippen molar-refractivity contribution in [2.75, 3.05) is 26.4 Å². The highest BCUT2D eigenvalue weighted by Crippen LogP contribution is 2.21. The molecule has 104 valence electrons. The molecule has 0 atom stereocenters. The van der Waals surface area contributed by atoms with E-state index in [1.54, 1.807) is 24.9 Å². The summed E-state index contributed by atoms with van der Waals surface area (Å²) in [5, 5.41) is 3.33. The second-order valence-corrected chi connectivity index (χ2v) is 5.40. The van der Waals surface area contributed by atoms with Crippen LogP contribution in [-0.2, 0) is 6.54 Å². The zero-order valence-corrected chi connectivity index (χ0v) is 12.3. The van der Waals surface area contributed by atoms with E-state index < -0.39 is 0 Å². The lowest BCUT2D eigenvalue weighted by atomic mass is 10.2. The number of rotatable bonds is 3. The third-order valence-corrected chi connectivity index (χ3v) is 4.13. The van der Waals surface area contributed by atoms with Gasteiger partial charge in [-0.25, -0.2) is 4.39 Å². The average Bonchev–Trinajstić information content (AvgIpc) is 2.94. The highest BCUT2D eigenvalue weighted by molar-refractivity contribution is 7.98. The Balaban J connectivity index is 2.02. The van der Waals surface area contributed by atoms with Gasteiger partial charge in [-0.3, -0.25) is 4.99 Å². The lowest BCUT2D eigenvalue weighted by molar-refractivity contribution is 0.493. The molecule has 2 rings (SSSR count). The van der Waals surface area contributed by atoms with Crippen LogP contribution in [0.1, 0.15) is 18.4 Å². The van der Waals surface area contributed by atoms with Crippen LogP contribution in [0.4, 0.5) is 4.39 Å². The Kier molecular flexibility index (Phi) is 5.07. The number of benzene rings is 1. The SMILES string of the molecule is CN=C(NCc1cc(F)ccc1SC)N1CCCC1. The maximum absolute atomic E-state index is 13.3. The summed E-state index contributed by atoms with van der Waals surface area (Å²) in [5.41, 5.74) is 0.979. The molecular weight excluding hydrogens is 261 g/mol. The molecule has 1 aliphatic heterocycles. The number of hydrogen-bond donors (Lipinski definition) is 1. The Morgan fingerprint density at radius 1 is 1.42 bits per heavy atom. The van der Waals surface area contributed by atoms with Gasteiger partial charge in [-0.1, -0.05) is 0 Å². The number of thioether (sulfide) groups is 1. The van der Waals surface area contributed by atoms with Gasteiger partial charge in [-0.2, -0.15) is 0 Å². The van der Waals surface area contributed by atoms with Crippen molar-refractivity contribution in [2.45, 2.75) is 24.3 Å². The molecule has 0 aliphatic carbocycles. The van der Waals surface area contributed by atoms with E-state index in [-0.39, 0.29) is 5.82 Å². The van der Waals surface area contributed by atoms with E-state index in [9.17, 15) is 4.39 Å². The zero-order valence-electron chi connectivity index (χ0n) is 11.4. The fourth-order valence-electron chi connectivity index (χ4n) is 2.32. The fourth-order valence-corrected chi connectivity index (χ4v) is 2.92. The quantitative estimate of drug-likeness (QED) is 0.524. The first kappa shape index (κ1) is 14.2. The minimum absolute atomic E-state index is 0.189. The average molecular weight is 281 g/mol. The van der Waals surface area contributed by atoms with Gasteiger partial charge >= 0.3 is 0 Å². The predicted molar refractivity (Wildman–Crippen MR) is 79.2 cm³/mol. The molecular formula is C14H20FN3S. The summed E-state index contributed by atoms with van der Waals surface area (Å²) in [6.45, 7) is 2.72. The van der Waals surface area contributed by atoms with Crippen molar-refractivity contribution in [1.29, 1.82) is 0 Å². The van der Waals surface area contributed by atoms with Crippen molar-refractivity contribution in [3.63, 3.8) is 0 Å². The van der Waals surface area contributed by atoms with Crippen LogP contribution in [0.5, 0.6) is 0 Å². The Morgan fingerprint density at radius 3 is 2.79 bits per heavy atom. The summed E-state index contributed by atoms with van der Waals surface area (Å²) in [5.74, 6) is 0.722. The molecule has 1 saturated heterocycles. The minimum Gasteiger partial charge on any atom is -0.352 e. The lowest BCUT2D eigenvalue weighted by Gasteiger charge is -2.21. The fraction of sp³-hybridized carbons (Fsp3) is 0.500. The lowest BCUT2D eigenvalue weighted by Crippen LogP contribution is -2.39. The van der Waals surface area contributed by atoms with Crippen LogP contribution in [-0.4, -0.2) is 37.3 Å². The van der Waals surface area contributed by atoms with Crippen LogP contribution in [0.2, 0.25) is 0 Å². The maximum Gasteiger partial charge on any atom is 0.193 e. The summed E-state index contributed by atoms with van der Waals surface area (Å²) in [7, 11) is 1.79. The van der Waals surface area contributed by atoms with Crippen molar-refractivity contribution in [3.05, 3.63) is 29.6 Å². The van der Waals surface area contributed by atoms with Crippen molar-refractivity contribution in [3.8, 4) is 0 Å². The number of guanidine groups is 1. The van der Waals surface area contributed by atoms with E-state index in [4.69, 9.17) is 0 Å². The first-order valence-electron chi connectivity index (χ1n) is 6.52. The number of likely N-dealkylation sites (tertiary alicyclic amines) is 1. The summed E-state index contributed by atoms with van der Waals surface area (Å²) in [4.78, 5) is 7.64. The van der Waals surface area contributed by atoms with Gasteiger partial charge in [0.25, 0.3) is 0 Å². The Bertz CT molecular complexity index is 456. The van der Waals surface area contributed by atoms with Gasteiger partial charge in [0.2, 0.25) is 0 Å². The van der Waals surface area contributed by atoms with E-state index in [0.29, 0.717) is 6.54 Å². The van der Waals surface area contributed by atoms with Crippen molar-refractivity contribution in [1.82, 2.24) is 10.2 Å². The smallest absolute Gasteiger partial charge is 0.193 e. The standard InChI is InChI=1S/C14H20FN3S/c1-16-14(18-7-3-4-8-18)17-10-11-9-12(15)5-6-13(11)19-2/h5-6,9H,3-4,7-8,10H2,1-2H3,(H,16,17). The molecule has 1 heterocycles. The Labute approximate surface area is 118 Å². The van der Waals surface area contributed by atoms with Gasteiger partial charge in [0.15, 0.2) is 5.96 Å². The van der Waals surface area contributed by atoms with Gasteiger partial charge in [0, 0.05) is 31.6 Å². The number of nitrogens with one attached hydrogen (secondary N) is 1. The molecule has 0 saturated carbocycles. The van der Waals surface area contributed by atoms with E-state index in [0.717, 1.165) is 29.5 Å². The van der Waals surface area contributed by atoms with E-state index in [1.165, 1.54) is 18.9 Å². The summed E-state index contributed by atoms with van der Waals surface area (Å²) in [6, 6.07) is 4.93. The molecule has 1 N–H and O–H groups in total. The molecule has 0 aromatic heterocycles. The van der Waals surface area contributed by atoms with E-state index in [1.807, 2.05) is 12.3 Å². The van der Waals surface area contributed by atoms with Crippen LogP contribution in [0, 0.1) is 5.82 Å². The molecule has 1 aromatic rings. The zero-order chi connectivity index (χ0) is 13.7. The first-order chi connectivity index (χ1) is 9.24. The van der Waals surface area contributed by atoms with Gasteiger partial charge in [-0.05, 0) is 42.9 Å². The second-order valence-electron chi connectivity index (χ2n) is 4.55. The highest BCUT2D eigenvalue weighted by Gasteiger charge is 2.15. The van der Waals surface area contributed by atoms with Crippen LogP contribution >= 0.6 is 11.8 Å². The van der Waals surface area contributed by atoms with Crippen LogP contribution < -0.4 is 5.32 Å². The van der Waals surface area contributed by atoms with Crippen molar-refractivity contribution >= 4 is 17.7 Å². The molecule has 0 unspecified atom stereocenters. The Morgan fingerprint density at radius 2 is 2.16 bits per heavy atom. The third kappa shape index (κ3) is 3.62. The molecule has 0 bridgehead atoms. The highest BCUT2D eigenvalue weighted by atomic mass is 32.2. The van der Waals surface area contributed by atoms with Gasteiger partial charge < -0.3 is 10.2 Å². The van der Waals surface area contributed by atoms with Gasteiger partial charge in [-0.15, -0.1) is 11.8 Å². The molecule has 3 nitrogen and oxygen atoms in total. The van der Waals surface area contributed by atoms with Crippen LogP contribution in [0.15, 0.2) is 28.1 Å². The summed E-state index contributed by atoms with van der Waals surface area (Å²) in [6.07, 6.45) is 4.44. The van der Waals surface area contributed by atoms with Gasteiger partial charge in [0.1, 0.15) is 5.82 Å². The molecule has 0 spiro atoms. The molecule has 19 heavy (non-hydrogen) atoms.